The summed E-state index contributed by atoms with van der Waals surface area (Å²) in [7, 11) is 1.71. The summed E-state index contributed by atoms with van der Waals surface area (Å²) in [6, 6.07) is 24.1. The van der Waals surface area contributed by atoms with E-state index in [2.05, 4.69) is 67.6 Å². The molecule has 0 aliphatic heterocycles. The highest BCUT2D eigenvalue weighted by Gasteiger charge is 2.19. The summed E-state index contributed by atoms with van der Waals surface area (Å²) in [5.74, 6) is 0.905. The Labute approximate surface area is 162 Å². The first-order valence-corrected chi connectivity index (χ1v) is 9.74. The summed E-state index contributed by atoms with van der Waals surface area (Å²) < 4.78 is 5.28. The summed E-state index contributed by atoms with van der Waals surface area (Å²) in [5, 5.41) is 0. The fraction of sp³-hybridized carbons (Fsp3) is 0.231. The zero-order valence-corrected chi connectivity index (χ0v) is 16.2. The zero-order chi connectivity index (χ0) is 18.6. The van der Waals surface area contributed by atoms with Crippen LogP contribution in [0.1, 0.15) is 39.8 Å². The Morgan fingerprint density at radius 1 is 0.852 bits per heavy atom. The number of ether oxygens (including phenoxy) is 1. The Balaban J connectivity index is 1.59. The lowest BCUT2D eigenvalue weighted by Crippen LogP contribution is -1.97. The Morgan fingerprint density at radius 3 is 2.37 bits per heavy atom. The predicted molar refractivity (Wildman–Crippen MR) is 114 cm³/mol. The van der Waals surface area contributed by atoms with E-state index in [1.54, 1.807) is 7.11 Å². The van der Waals surface area contributed by atoms with Gasteiger partial charge in [-0.3, -0.25) is 0 Å². The lowest BCUT2D eigenvalue weighted by molar-refractivity contribution is 0.415. The fourth-order valence-corrected chi connectivity index (χ4v) is 3.96. The van der Waals surface area contributed by atoms with E-state index in [-0.39, 0.29) is 0 Å². The molecule has 0 saturated heterocycles. The molecule has 1 heteroatoms. The zero-order valence-electron chi connectivity index (χ0n) is 16.2. The van der Waals surface area contributed by atoms with Gasteiger partial charge in [0.1, 0.15) is 5.75 Å². The molecule has 1 nitrogen and oxygen atoms in total. The molecule has 27 heavy (non-hydrogen) atoms. The molecule has 4 rings (SSSR count). The van der Waals surface area contributed by atoms with Crippen LogP contribution in [0.2, 0.25) is 0 Å². The number of hydrogen-bond acceptors (Lipinski definition) is 1. The van der Waals surface area contributed by atoms with E-state index in [0.29, 0.717) is 0 Å². The highest BCUT2D eigenvalue weighted by atomic mass is 16.5. The molecule has 3 aromatic carbocycles. The van der Waals surface area contributed by atoms with Crippen molar-refractivity contribution in [2.75, 3.05) is 7.11 Å². The van der Waals surface area contributed by atoms with Gasteiger partial charge in [0.15, 0.2) is 0 Å². The second kappa shape index (κ2) is 7.84. The number of allylic oxidation sites excluding steroid dienone is 1. The molecule has 0 unspecified atom stereocenters. The van der Waals surface area contributed by atoms with Crippen molar-refractivity contribution in [3.05, 3.63) is 100 Å². The molecule has 1 aliphatic rings. The quantitative estimate of drug-likeness (QED) is 0.524. The minimum absolute atomic E-state index is 0.905. The Bertz CT molecular complexity index is 947. The van der Waals surface area contributed by atoms with E-state index < -0.39 is 0 Å². The average Bonchev–Trinajstić information content (AvgIpc) is 3.12. The van der Waals surface area contributed by atoms with Gasteiger partial charge in [-0.25, -0.2) is 0 Å². The molecule has 0 spiro atoms. The normalized spacial score (nSPS) is 14.4. The number of benzene rings is 3. The summed E-state index contributed by atoms with van der Waals surface area (Å²) in [5.41, 5.74) is 9.91. The van der Waals surface area contributed by atoms with Gasteiger partial charge in [0.25, 0.3) is 0 Å². The molecule has 0 radical (unpaired) electrons. The van der Waals surface area contributed by atoms with Crippen LogP contribution in [0, 0.1) is 6.92 Å². The van der Waals surface area contributed by atoms with Gasteiger partial charge in [-0.1, -0.05) is 66.2 Å². The van der Waals surface area contributed by atoms with Crippen molar-refractivity contribution in [1.82, 2.24) is 0 Å². The van der Waals surface area contributed by atoms with Crippen molar-refractivity contribution in [3.63, 3.8) is 0 Å². The maximum absolute atomic E-state index is 5.28. The van der Waals surface area contributed by atoms with Crippen molar-refractivity contribution in [2.24, 2.45) is 0 Å². The number of hydrogen-bond donors (Lipinski definition) is 0. The van der Waals surface area contributed by atoms with E-state index in [4.69, 9.17) is 4.74 Å². The molecule has 0 atom stereocenters. The van der Waals surface area contributed by atoms with Gasteiger partial charge in [-0.05, 0) is 78.1 Å². The smallest absolute Gasteiger partial charge is 0.118 e. The van der Waals surface area contributed by atoms with Gasteiger partial charge in [0.2, 0.25) is 0 Å². The van der Waals surface area contributed by atoms with Gasteiger partial charge < -0.3 is 4.74 Å². The molecule has 3 aromatic rings. The third kappa shape index (κ3) is 3.98. The minimum Gasteiger partial charge on any atom is -0.497 e. The van der Waals surface area contributed by atoms with Crippen LogP contribution >= 0.6 is 0 Å². The van der Waals surface area contributed by atoms with Crippen LogP contribution in [0.3, 0.4) is 0 Å². The average molecular weight is 354 g/mol. The second-order valence-corrected chi connectivity index (χ2v) is 7.38. The Kier molecular flexibility index (Phi) is 5.11. The largest absolute Gasteiger partial charge is 0.497 e. The van der Waals surface area contributed by atoms with E-state index in [1.807, 2.05) is 12.1 Å². The van der Waals surface area contributed by atoms with Crippen LogP contribution in [0.15, 0.2) is 66.7 Å². The SMILES string of the molecule is COc1ccc(/C=C2\CCc3cccc(CCc4ccc(C)cc4)c32)cc1. The molecule has 0 heterocycles. The molecule has 0 fully saturated rings. The molecular formula is C26H26O. The van der Waals surface area contributed by atoms with Gasteiger partial charge in [0, 0.05) is 0 Å². The summed E-state index contributed by atoms with van der Waals surface area (Å²) in [6.45, 7) is 2.14. The van der Waals surface area contributed by atoms with E-state index in [0.717, 1.165) is 31.4 Å². The van der Waals surface area contributed by atoms with E-state index in [1.165, 1.54) is 39.0 Å². The van der Waals surface area contributed by atoms with Crippen LogP contribution < -0.4 is 4.74 Å². The van der Waals surface area contributed by atoms with Gasteiger partial charge in [0.05, 0.1) is 7.11 Å². The third-order valence-electron chi connectivity index (χ3n) is 5.48. The predicted octanol–water partition coefficient (Wildman–Crippen LogP) is 6.28. The maximum atomic E-state index is 5.28. The van der Waals surface area contributed by atoms with Crippen LogP contribution in [0.4, 0.5) is 0 Å². The third-order valence-corrected chi connectivity index (χ3v) is 5.48. The summed E-state index contributed by atoms with van der Waals surface area (Å²) in [6.07, 6.45) is 6.80. The number of rotatable bonds is 5. The van der Waals surface area contributed by atoms with Crippen LogP contribution in [0.5, 0.6) is 5.75 Å². The molecule has 0 saturated carbocycles. The van der Waals surface area contributed by atoms with Crippen molar-refractivity contribution in [2.45, 2.75) is 32.6 Å². The first-order valence-electron chi connectivity index (χ1n) is 9.74. The molecule has 136 valence electrons. The van der Waals surface area contributed by atoms with Crippen molar-refractivity contribution >= 4 is 11.6 Å². The molecule has 0 bridgehead atoms. The first kappa shape index (κ1) is 17.6. The molecule has 1 aliphatic carbocycles. The summed E-state index contributed by atoms with van der Waals surface area (Å²) >= 11 is 0. The van der Waals surface area contributed by atoms with Gasteiger partial charge in [-0.2, -0.15) is 0 Å². The van der Waals surface area contributed by atoms with Crippen molar-refractivity contribution < 1.29 is 4.74 Å². The number of fused-ring (bicyclic) bond motifs is 1. The lowest BCUT2D eigenvalue weighted by atomic mass is 9.94. The maximum Gasteiger partial charge on any atom is 0.118 e. The van der Waals surface area contributed by atoms with E-state index >= 15 is 0 Å². The second-order valence-electron chi connectivity index (χ2n) is 7.38. The molecule has 0 aromatic heterocycles. The Morgan fingerprint density at radius 2 is 1.63 bits per heavy atom. The topological polar surface area (TPSA) is 9.23 Å². The van der Waals surface area contributed by atoms with Crippen LogP contribution in [0.25, 0.3) is 11.6 Å². The lowest BCUT2D eigenvalue weighted by Gasteiger charge is -2.11. The molecule has 0 N–H and O–H groups in total. The van der Waals surface area contributed by atoms with E-state index in [9.17, 15) is 0 Å². The van der Waals surface area contributed by atoms with Gasteiger partial charge in [-0.15, -0.1) is 0 Å². The highest BCUT2D eigenvalue weighted by molar-refractivity contribution is 5.86. The summed E-state index contributed by atoms with van der Waals surface area (Å²) in [4.78, 5) is 0. The Hall–Kier alpha value is -2.80. The van der Waals surface area contributed by atoms with Crippen LogP contribution in [-0.4, -0.2) is 7.11 Å². The van der Waals surface area contributed by atoms with Gasteiger partial charge >= 0.3 is 0 Å². The molecular weight excluding hydrogens is 328 g/mol. The number of aryl methyl sites for hydroxylation is 4. The first-order chi connectivity index (χ1) is 13.2. The minimum atomic E-state index is 0.905. The molecule has 0 amide bonds. The highest BCUT2D eigenvalue weighted by Crippen LogP contribution is 2.36. The van der Waals surface area contributed by atoms with Crippen LogP contribution in [-0.2, 0) is 19.3 Å². The van der Waals surface area contributed by atoms with Crippen molar-refractivity contribution in [3.8, 4) is 5.75 Å². The monoisotopic (exact) mass is 354 g/mol. The van der Waals surface area contributed by atoms with Crippen molar-refractivity contribution in [1.29, 1.82) is 0 Å². The fourth-order valence-electron chi connectivity index (χ4n) is 3.96. The standard InChI is InChI=1S/C26H26O/c1-19-6-8-20(9-7-19)10-13-22-4-3-5-23-14-15-24(26(22)23)18-21-11-16-25(27-2)17-12-21/h3-9,11-12,16-18H,10,13-15H2,1-2H3/b24-18+. The number of methoxy groups -OCH3 is 1.